The average Bonchev–Trinajstić information content (AvgIpc) is 2.18. The molecule has 0 amide bonds. The van der Waals surface area contributed by atoms with E-state index < -0.39 is 11.9 Å². The number of allylic oxidation sites excluding steroid dienone is 1. The van der Waals surface area contributed by atoms with E-state index in [1.54, 1.807) is 20.8 Å². The zero-order valence-electron chi connectivity index (χ0n) is 9.69. The Kier molecular flexibility index (Phi) is 7.57. The molecule has 0 spiro atoms. The highest BCUT2D eigenvalue weighted by Gasteiger charge is 1.98. The van der Waals surface area contributed by atoms with Gasteiger partial charge in [-0.1, -0.05) is 0 Å². The van der Waals surface area contributed by atoms with Crippen molar-refractivity contribution >= 4 is 11.9 Å². The molecule has 0 rings (SSSR count). The zero-order valence-corrected chi connectivity index (χ0v) is 9.69. The van der Waals surface area contributed by atoms with Gasteiger partial charge in [0, 0.05) is 0 Å². The van der Waals surface area contributed by atoms with E-state index in [2.05, 4.69) is 9.47 Å². The molecule has 0 N–H and O–H groups in total. The highest BCUT2D eigenvalue weighted by molar-refractivity contribution is 5.82. The third-order valence-electron chi connectivity index (χ3n) is 1.35. The normalized spacial score (nSPS) is 11.3. The SMILES string of the molecule is CCOC(=O)/C=C/O/C(C)=C/C(=O)OCC. The van der Waals surface area contributed by atoms with Crippen LogP contribution in [0, 0.1) is 0 Å². The van der Waals surface area contributed by atoms with E-state index in [-0.39, 0.29) is 0 Å². The van der Waals surface area contributed by atoms with Crippen LogP contribution < -0.4 is 0 Å². The van der Waals surface area contributed by atoms with Gasteiger partial charge in [0.25, 0.3) is 0 Å². The molecule has 0 saturated heterocycles. The minimum atomic E-state index is -0.494. The van der Waals surface area contributed by atoms with Crippen molar-refractivity contribution in [1.82, 2.24) is 0 Å². The lowest BCUT2D eigenvalue weighted by Crippen LogP contribution is -2.01. The van der Waals surface area contributed by atoms with Gasteiger partial charge in [-0.3, -0.25) is 0 Å². The fraction of sp³-hybridized carbons (Fsp3) is 0.455. The summed E-state index contributed by atoms with van der Waals surface area (Å²) < 4.78 is 14.2. The summed E-state index contributed by atoms with van der Waals surface area (Å²) in [6, 6.07) is 0. The maximum absolute atomic E-state index is 11.0. The maximum atomic E-state index is 11.0. The second-order valence-electron chi connectivity index (χ2n) is 2.68. The third kappa shape index (κ3) is 7.61. The van der Waals surface area contributed by atoms with Gasteiger partial charge in [-0.2, -0.15) is 0 Å². The van der Waals surface area contributed by atoms with E-state index in [9.17, 15) is 9.59 Å². The minimum Gasteiger partial charge on any atom is -0.469 e. The number of hydrogen-bond donors (Lipinski definition) is 0. The molecule has 0 heterocycles. The summed E-state index contributed by atoms with van der Waals surface area (Å²) in [4.78, 5) is 21.8. The van der Waals surface area contributed by atoms with Gasteiger partial charge in [0.05, 0.1) is 31.6 Å². The fourth-order valence-corrected chi connectivity index (χ4v) is 0.771. The molecule has 0 aromatic rings. The summed E-state index contributed by atoms with van der Waals surface area (Å²) >= 11 is 0. The Bertz CT molecular complexity index is 291. The Morgan fingerprint density at radius 2 is 1.62 bits per heavy atom. The van der Waals surface area contributed by atoms with Crippen LogP contribution in [0.2, 0.25) is 0 Å². The standard InChI is InChI=1S/C11H16O5/c1-4-14-10(12)6-7-16-9(3)8-11(13)15-5-2/h6-8H,4-5H2,1-3H3/b7-6+,9-8+. The van der Waals surface area contributed by atoms with E-state index in [1.807, 2.05) is 0 Å². The van der Waals surface area contributed by atoms with Gasteiger partial charge >= 0.3 is 11.9 Å². The van der Waals surface area contributed by atoms with Crippen LogP contribution in [-0.4, -0.2) is 25.2 Å². The molecule has 0 aromatic heterocycles. The number of esters is 2. The van der Waals surface area contributed by atoms with E-state index in [0.29, 0.717) is 19.0 Å². The van der Waals surface area contributed by atoms with Crippen LogP contribution in [0.3, 0.4) is 0 Å². The van der Waals surface area contributed by atoms with Gasteiger partial charge in [-0.15, -0.1) is 0 Å². The number of carbonyl (C=O) groups is 2. The van der Waals surface area contributed by atoms with Crippen molar-refractivity contribution in [2.45, 2.75) is 20.8 Å². The highest BCUT2D eigenvalue weighted by atomic mass is 16.5. The van der Waals surface area contributed by atoms with Crippen molar-refractivity contribution in [3.05, 3.63) is 24.2 Å². The highest BCUT2D eigenvalue weighted by Crippen LogP contribution is 1.97. The summed E-state index contributed by atoms with van der Waals surface area (Å²) in [5.41, 5.74) is 0. The van der Waals surface area contributed by atoms with Gasteiger partial charge in [-0.25, -0.2) is 9.59 Å². The first kappa shape index (κ1) is 14.2. The Balaban J connectivity index is 4.01. The number of ether oxygens (including phenoxy) is 3. The minimum absolute atomic E-state index is 0.306. The second-order valence-corrected chi connectivity index (χ2v) is 2.68. The van der Waals surface area contributed by atoms with E-state index in [4.69, 9.17) is 4.74 Å². The molecule has 0 aliphatic carbocycles. The second kappa shape index (κ2) is 8.52. The van der Waals surface area contributed by atoms with Crippen molar-refractivity contribution in [3.63, 3.8) is 0 Å². The molecule has 0 aromatic carbocycles. The molecule has 5 nitrogen and oxygen atoms in total. The maximum Gasteiger partial charge on any atom is 0.334 e. The first-order valence-electron chi connectivity index (χ1n) is 4.95. The van der Waals surface area contributed by atoms with Crippen LogP contribution in [0.15, 0.2) is 24.2 Å². The molecule has 5 heteroatoms. The van der Waals surface area contributed by atoms with Crippen molar-refractivity contribution in [2.75, 3.05) is 13.2 Å². The third-order valence-corrected chi connectivity index (χ3v) is 1.35. The molecule has 16 heavy (non-hydrogen) atoms. The quantitative estimate of drug-likeness (QED) is 0.392. The first-order valence-corrected chi connectivity index (χ1v) is 4.95. The smallest absolute Gasteiger partial charge is 0.334 e. The summed E-state index contributed by atoms with van der Waals surface area (Å²) in [6.45, 7) is 5.61. The van der Waals surface area contributed by atoms with Crippen molar-refractivity contribution in [2.24, 2.45) is 0 Å². The van der Waals surface area contributed by atoms with Crippen molar-refractivity contribution in [3.8, 4) is 0 Å². The predicted molar refractivity (Wildman–Crippen MR) is 57.2 cm³/mol. The number of hydrogen-bond acceptors (Lipinski definition) is 5. The fourth-order valence-electron chi connectivity index (χ4n) is 0.771. The molecule has 0 aliphatic rings. The van der Waals surface area contributed by atoms with Gasteiger partial charge in [0.2, 0.25) is 0 Å². The molecule has 90 valence electrons. The molecule has 0 bridgehead atoms. The Hall–Kier alpha value is -1.78. The average molecular weight is 228 g/mol. The molecule has 0 fully saturated rings. The van der Waals surface area contributed by atoms with Crippen LogP contribution in [0.5, 0.6) is 0 Å². The Labute approximate surface area is 94.7 Å². The lowest BCUT2D eigenvalue weighted by molar-refractivity contribution is -0.138. The van der Waals surface area contributed by atoms with E-state index in [0.717, 1.165) is 12.3 Å². The molecule has 0 atom stereocenters. The van der Waals surface area contributed by atoms with E-state index >= 15 is 0 Å². The molecule has 0 aliphatic heterocycles. The van der Waals surface area contributed by atoms with Gasteiger partial charge in [0.1, 0.15) is 5.76 Å². The summed E-state index contributed by atoms with van der Waals surface area (Å²) in [7, 11) is 0. The van der Waals surface area contributed by atoms with E-state index in [1.165, 1.54) is 6.08 Å². The predicted octanol–water partition coefficient (Wildman–Crippen LogP) is 1.55. The van der Waals surface area contributed by atoms with Crippen LogP contribution >= 0.6 is 0 Å². The molecule has 0 radical (unpaired) electrons. The lowest BCUT2D eigenvalue weighted by atomic mass is 10.5. The number of carbonyl (C=O) groups excluding carboxylic acids is 2. The van der Waals surface area contributed by atoms with Gasteiger partial charge < -0.3 is 14.2 Å². The van der Waals surface area contributed by atoms with Gasteiger partial charge in [0.15, 0.2) is 0 Å². The Morgan fingerprint density at radius 3 is 2.19 bits per heavy atom. The van der Waals surface area contributed by atoms with Gasteiger partial charge in [-0.05, 0) is 20.8 Å². The largest absolute Gasteiger partial charge is 0.469 e. The molecular formula is C11H16O5. The zero-order chi connectivity index (χ0) is 12.4. The Morgan fingerprint density at radius 1 is 1.06 bits per heavy atom. The summed E-state index contributed by atoms with van der Waals surface area (Å²) in [5.74, 6) is -0.644. The monoisotopic (exact) mass is 228 g/mol. The van der Waals surface area contributed by atoms with Crippen LogP contribution in [0.4, 0.5) is 0 Å². The molecular weight excluding hydrogens is 212 g/mol. The topological polar surface area (TPSA) is 61.8 Å². The lowest BCUT2D eigenvalue weighted by Gasteiger charge is -2.00. The van der Waals surface area contributed by atoms with Crippen LogP contribution in [-0.2, 0) is 23.8 Å². The van der Waals surface area contributed by atoms with Crippen LogP contribution in [0.25, 0.3) is 0 Å². The molecule has 0 saturated carbocycles. The van der Waals surface area contributed by atoms with Crippen molar-refractivity contribution < 1.29 is 23.8 Å². The van der Waals surface area contributed by atoms with Crippen LogP contribution in [0.1, 0.15) is 20.8 Å². The molecule has 0 unspecified atom stereocenters. The van der Waals surface area contributed by atoms with Crippen molar-refractivity contribution in [1.29, 1.82) is 0 Å². The first-order chi connectivity index (χ1) is 7.60. The number of rotatable bonds is 6. The summed E-state index contributed by atoms with van der Waals surface area (Å²) in [5, 5.41) is 0. The summed E-state index contributed by atoms with van der Waals surface area (Å²) in [6.07, 6.45) is 3.48.